The van der Waals surface area contributed by atoms with E-state index >= 15 is 0 Å². The highest BCUT2D eigenvalue weighted by molar-refractivity contribution is 5.69. The van der Waals surface area contributed by atoms with E-state index in [4.69, 9.17) is 9.47 Å². The van der Waals surface area contributed by atoms with Crippen LogP contribution in [0.4, 0.5) is 11.4 Å². The van der Waals surface area contributed by atoms with Gasteiger partial charge in [-0.3, -0.25) is 14.8 Å². The highest BCUT2D eigenvalue weighted by Gasteiger charge is 2.20. The van der Waals surface area contributed by atoms with Gasteiger partial charge in [-0.1, -0.05) is 30.3 Å². The Kier molecular flexibility index (Phi) is 5.25. The number of hydrogen-bond donors (Lipinski definition) is 1. The van der Waals surface area contributed by atoms with Crippen molar-refractivity contribution in [1.29, 1.82) is 0 Å². The monoisotopic (exact) mass is 368 g/mol. The zero-order valence-electron chi connectivity index (χ0n) is 15.3. The Morgan fingerprint density at radius 3 is 2.44 bits per heavy atom. The molecule has 2 aromatic carbocycles. The zero-order valence-corrected chi connectivity index (χ0v) is 15.3. The van der Waals surface area contributed by atoms with E-state index < -0.39 is 4.92 Å². The van der Waals surface area contributed by atoms with Crippen molar-refractivity contribution in [1.82, 2.24) is 9.78 Å². The van der Waals surface area contributed by atoms with E-state index in [1.807, 2.05) is 43.6 Å². The standard InChI is InChI=1S/C19H20N4O4/c1-22-12-14(19(21-22)13-7-5-4-6-8-13)11-20-15-9-17(26-2)18(27-3)10-16(15)23(24)25/h4-10,12,20H,11H2,1-3H3. The molecule has 1 aromatic heterocycles. The molecule has 0 aliphatic rings. The fraction of sp³-hybridized carbons (Fsp3) is 0.211. The van der Waals surface area contributed by atoms with Crippen molar-refractivity contribution in [2.75, 3.05) is 19.5 Å². The molecule has 0 aliphatic carbocycles. The topological polar surface area (TPSA) is 91.5 Å². The number of ether oxygens (including phenoxy) is 2. The maximum atomic E-state index is 11.4. The molecule has 0 unspecified atom stereocenters. The molecule has 0 bridgehead atoms. The summed E-state index contributed by atoms with van der Waals surface area (Å²) in [5, 5.41) is 19.1. The van der Waals surface area contributed by atoms with Crippen LogP contribution in [-0.4, -0.2) is 28.9 Å². The van der Waals surface area contributed by atoms with Gasteiger partial charge in [0.15, 0.2) is 11.5 Å². The molecular formula is C19H20N4O4. The Morgan fingerprint density at radius 2 is 1.81 bits per heavy atom. The summed E-state index contributed by atoms with van der Waals surface area (Å²) in [6, 6.07) is 12.7. The van der Waals surface area contributed by atoms with Crippen LogP contribution < -0.4 is 14.8 Å². The van der Waals surface area contributed by atoms with Crippen LogP contribution >= 0.6 is 0 Å². The summed E-state index contributed by atoms with van der Waals surface area (Å²) >= 11 is 0. The number of rotatable bonds is 7. The van der Waals surface area contributed by atoms with Gasteiger partial charge in [0.25, 0.3) is 5.69 Å². The Morgan fingerprint density at radius 1 is 1.15 bits per heavy atom. The van der Waals surface area contributed by atoms with E-state index in [1.54, 1.807) is 10.7 Å². The molecular weight excluding hydrogens is 348 g/mol. The van der Waals surface area contributed by atoms with Crippen molar-refractivity contribution in [3.05, 3.63) is 64.3 Å². The minimum atomic E-state index is -0.453. The highest BCUT2D eigenvalue weighted by atomic mass is 16.6. The molecule has 0 radical (unpaired) electrons. The van der Waals surface area contributed by atoms with E-state index in [9.17, 15) is 10.1 Å². The predicted octanol–water partition coefficient (Wildman–Crippen LogP) is 3.62. The van der Waals surface area contributed by atoms with Gasteiger partial charge in [0.1, 0.15) is 5.69 Å². The number of anilines is 1. The fourth-order valence-electron chi connectivity index (χ4n) is 2.86. The molecule has 0 saturated heterocycles. The van der Waals surface area contributed by atoms with Crippen LogP contribution in [-0.2, 0) is 13.6 Å². The highest BCUT2D eigenvalue weighted by Crippen LogP contribution is 2.38. The lowest BCUT2D eigenvalue weighted by molar-refractivity contribution is -0.384. The first-order valence-electron chi connectivity index (χ1n) is 8.25. The molecule has 1 N–H and O–H groups in total. The Labute approximate surface area is 156 Å². The molecule has 8 nitrogen and oxygen atoms in total. The van der Waals surface area contributed by atoms with Gasteiger partial charge < -0.3 is 14.8 Å². The molecule has 0 amide bonds. The predicted molar refractivity (Wildman–Crippen MR) is 102 cm³/mol. The molecule has 1 heterocycles. The number of nitrogens with zero attached hydrogens (tertiary/aromatic N) is 3. The first-order valence-corrected chi connectivity index (χ1v) is 8.25. The van der Waals surface area contributed by atoms with Gasteiger partial charge in [-0.25, -0.2) is 0 Å². The van der Waals surface area contributed by atoms with Gasteiger partial charge in [0, 0.05) is 37.0 Å². The molecule has 0 spiro atoms. The van der Waals surface area contributed by atoms with Gasteiger partial charge in [-0.15, -0.1) is 0 Å². The lowest BCUT2D eigenvalue weighted by Crippen LogP contribution is -2.04. The number of hydrogen-bond acceptors (Lipinski definition) is 6. The largest absolute Gasteiger partial charge is 0.493 e. The first-order chi connectivity index (χ1) is 13.0. The van der Waals surface area contributed by atoms with Crippen LogP contribution in [0.25, 0.3) is 11.3 Å². The van der Waals surface area contributed by atoms with Crippen molar-refractivity contribution < 1.29 is 14.4 Å². The van der Waals surface area contributed by atoms with E-state index in [2.05, 4.69) is 10.4 Å². The van der Waals surface area contributed by atoms with E-state index in [0.29, 0.717) is 23.7 Å². The minimum Gasteiger partial charge on any atom is -0.493 e. The van der Waals surface area contributed by atoms with Crippen molar-refractivity contribution in [2.24, 2.45) is 7.05 Å². The van der Waals surface area contributed by atoms with E-state index in [0.717, 1.165) is 16.8 Å². The van der Waals surface area contributed by atoms with Crippen LogP contribution in [0.1, 0.15) is 5.56 Å². The molecule has 3 aromatic rings. The van der Waals surface area contributed by atoms with Gasteiger partial charge >= 0.3 is 0 Å². The maximum absolute atomic E-state index is 11.4. The van der Waals surface area contributed by atoms with Gasteiger partial charge in [0.2, 0.25) is 0 Å². The summed E-state index contributed by atoms with van der Waals surface area (Å²) in [4.78, 5) is 11.0. The van der Waals surface area contributed by atoms with Crippen molar-refractivity contribution in [3.8, 4) is 22.8 Å². The van der Waals surface area contributed by atoms with E-state index in [-0.39, 0.29) is 5.69 Å². The maximum Gasteiger partial charge on any atom is 0.296 e. The molecule has 0 fully saturated rings. The van der Waals surface area contributed by atoms with Crippen LogP contribution in [0, 0.1) is 10.1 Å². The third kappa shape index (κ3) is 3.84. The summed E-state index contributed by atoms with van der Waals surface area (Å²) in [5.41, 5.74) is 3.00. The fourth-order valence-corrected chi connectivity index (χ4v) is 2.86. The summed E-state index contributed by atoms with van der Waals surface area (Å²) < 4.78 is 12.1. The average Bonchev–Trinajstić information content (AvgIpc) is 3.06. The quantitative estimate of drug-likeness (QED) is 0.506. The number of nitro groups is 1. The summed E-state index contributed by atoms with van der Waals surface area (Å²) in [6.07, 6.45) is 1.89. The number of nitrogens with one attached hydrogen (secondary N) is 1. The van der Waals surface area contributed by atoms with Crippen molar-refractivity contribution in [3.63, 3.8) is 0 Å². The first kappa shape index (κ1) is 18.2. The molecule has 27 heavy (non-hydrogen) atoms. The SMILES string of the molecule is COc1cc(NCc2cn(C)nc2-c2ccccc2)c([N+](=O)[O-])cc1OC. The van der Waals surface area contributed by atoms with Crippen molar-refractivity contribution >= 4 is 11.4 Å². The average molecular weight is 368 g/mol. The second kappa shape index (κ2) is 7.77. The number of aryl methyl sites for hydroxylation is 1. The molecule has 0 atom stereocenters. The molecule has 0 aliphatic heterocycles. The Hall–Kier alpha value is -3.55. The second-order valence-corrected chi connectivity index (χ2v) is 5.88. The smallest absolute Gasteiger partial charge is 0.296 e. The lowest BCUT2D eigenvalue weighted by atomic mass is 10.1. The van der Waals surface area contributed by atoms with E-state index in [1.165, 1.54) is 20.3 Å². The molecule has 0 saturated carbocycles. The molecule has 8 heteroatoms. The third-order valence-corrected chi connectivity index (χ3v) is 4.12. The normalized spacial score (nSPS) is 10.5. The van der Waals surface area contributed by atoms with Crippen LogP contribution in [0.5, 0.6) is 11.5 Å². The van der Waals surface area contributed by atoms with Crippen LogP contribution in [0.3, 0.4) is 0 Å². The van der Waals surface area contributed by atoms with Gasteiger partial charge in [-0.05, 0) is 0 Å². The third-order valence-electron chi connectivity index (χ3n) is 4.12. The Bertz CT molecular complexity index is 954. The number of aromatic nitrogens is 2. The molecule has 3 rings (SSSR count). The van der Waals surface area contributed by atoms with Gasteiger partial charge in [-0.2, -0.15) is 5.10 Å². The van der Waals surface area contributed by atoms with Crippen LogP contribution in [0.15, 0.2) is 48.7 Å². The number of methoxy groups -OCH3 is 2. The number of nitro benzene ring substituents is 1. The van der Waals surface area contributed by atoms with Crippen LogP contribution in [0.2, 0.25) is 0 Å². The zero-order chi connectivity index (χ0) is 19.4. The lowest BCUT2D eigenvalue weighted by Gasteiger charge is -2.12. The van der Waals surface area contributed by atoms with Gasteiger partial charge in [0.05, 0.1) is 30.9 Å². The Balaban J connectivity index is 1.93. The van der Waals surface area contributed by atoms with Crippen molar-refractivity contribution in [2.45, 2.75) is 6.54 Å². The minimum absolute atomic E-state index is 0.0854. The summed E-state index contributed by atoms with van der Waals surface area (Å²) in [6.45, 7) is 0.369. The summed E-state index contributed by atoms with van der Waals surface area (Å²) in [5.74, 6) is 0.723. The summed E-state index contributed by atoms with van der Waals surface area (Å²) in [7, 11) is 4.77. The molecule has 140 valence electrons. The second-order valence-electron chi connectivity index (χ2n) is 5.88. The number of benzene rings is 2.